The van der Waals surface area contributed by atoms with Gasteiger partial charge in [0.2, 0.25) is 0 Å². The molecule has 0 aliphatic carbocycles. The van der Waals surface area contributed by atoms with E-state index in [4.69, 9.17) is 0 Å². The van der Waals surface area contributed by atoms with Crippen LogP contribution in [0.4, 0.5) is 5.69 Å². The Morgan fingerprint density at radius 1 is 1.00 bits per heavy atom. The highest BCUT2D eigenvalue weighted by atomic mass is 16.2. The minimum atomic E-state index is -0.193. The predicted octanol–water partition coefficient (Wildman–Crippen LogP) is 3.98. The lowest BCUT2D eigenvalue weighted by Gasteiger charge is -2.13. The molecule has 0 spiro atoms. The van der Waals surface area contributed by atoms with Crippen molar-refractivity contribution in [1.29, 1.82) is 0 Å². The van der Waals surface area contributed by atoms with Gasteiger partial charge in [-0.25, -0.2) is 0 Å². The van der Waals surface area contributed by atoms with E-state index in [1.807, 2.05) is 24.3 Å². The number of anilines is 1. The van der Waals surface area contributed by atoms with Crippen LogP contribution in [0.1, 0.15) is 46.0 Å². The molecule has 0 fully saturated rings. The van der Waals surface area contributed by atoms with Gasteiger partial charge in [-0.3, -0.25) is 9.59 Å². The second kappa shape index (κ2) is 8.11. The Hall–Kier alpha value is -2.88. The monoisotopic (exact) mass is 322 g/mol. The number of nitrogens with one attached hydrogen (secondary N) is 2. The number of carbonyl (C=O) groups excluding carboxylic acids is 2. The highest BCUT2D eigenvalue weighted by Crippen LogP contribution is 2.24. The summed E-state index contributed by atoms with van der Waals surface area (Å²) >= 11 is 0. The van der Waals surface area contributed by atoms with Crippen molar-refractivity contribution in [2.45, 2.75) is 19.8 Å². The largest absolute Gasteiger partial charge is 0.349 e. The van der Waals surface area contributed by atoms with Gasteiger partial charge in [-0.05, 0) is 41.8 Å². The maximum atomic E-state index is 12.4. The summed E-state index contributed by atoms with van der Waals surface area (Å²) in [7, 11) is 0. The number of hydrogen-bond donors (Lipinski definition) is 2. The highest BCUT2D eigenvalue weighted by molar-refractivity contribution is 6.05. The smallest absolute Gasteiger partial charge is 0.255 e. The van der Waals surface area contributed by atoms with E-state index >= 15 is 0 Å². The molecule has 0 unspecified atom stereocenters. The number of amides is 2. The van der Waals surface area contributed by atoms with E-state index in [9.17, 15) is 9.59 Å². The van der Waals surface area contributed by atoms with E-state index < -0.39 is 0 Å². The van der Waals surface area contributed by atoms with Crippen molar-refractivity contribution in [3.8, 4) is 0 Å². The van der Waals surface area contributed by atoms with Crippen LogP contribution in [0.15, 0.2) is 61.2 Å². The SMILES string of the molecule is C=CCNC(=O)c1ccc(C(=O)Nc2ccccc2C(C)C)cc1. The molecular weight excluding hydrogens is 300 g/mol. The Morgan fingerprint density at radius 2 is 1.58 bits per heavy atom. The van der Waals surface area contributed by atoms with Crippen molar-refractivity contribution >= 4 is 17.5 Å². The van der Waals surface area contributed by atoms with Gasteiger partial charge in [0, 0.05) is 23.4 Å². The van der Waals surface area contributed by atoms with Gasteiger partial charge < -0.3 is 10.6 Å². The minimum absolute atomic E-state index is 0.188. The molecule has 0 aliphatic rings. The Morgan fingerprint density at radius 3 is 2.17 bits per heavy atom. The fourth-order valence-corrected chi connectivity index (χ4v) is 2.35. The normalized spacial score (nSPS) is 10.3. The molecule has 2 N–H and O–H groups in total. The first-order valence-electron chi connectivity index (χ1n) is 7.92. The lowest BCUT2D eigenvalue weighted by atomic mass is 10.0. The maximum Gasteiger partial charge on any atom is 0.255 e. The molecule has 0 aromatic heterocycles. The van der Waals surface area contributed by atoms with Crippen LogP contribution in [0, 0.1) is 0 Å². The Kier molecular flexibility index (Phi) is 5.90. The summed E-state index contributed by atoms with van der Waals surface area (Å²) in [5.74, 6) is -0.0643. The average molecular weight is 322 g/mol. The van der Waals surface area contributed by atoms with Crippen LogP contribution in [0.5, 0.6) is 0 Å². The number of rotatable bonds is 6. The summed E-state index contributed by atoms with van der Waals surface area (Å²) in [4.78, 5) is 24.3. The lowest BCUT2D eigenvalue weighted by molar-refractivity contribution is 0.0956. The van der Waals surface area contributed by atoms with E-state index in [1.165, 1.54) is 0 Å². The van der Waals surface area contributed by atoms with Gasteiger partial charge >= 0.3 is 0 Å². The van der Waals surface area contributed by atoms with Crippen molar-refractivity contribution in [2.75, 3.05) is 11.9 Å². The van der Waals surface area contributed by atoms with Crippen LogP contribution in [0.25, 0.3) is 0 Å². The zero-order valence-electron chi connectivity index (χ0n) is 14.0. The molecule has 0 saturated heterocycles. The quantitative estimate of drug-likeness (QED) is 0.790. The Labute approximate surface area is 142 Å². The topological polar surface area (TPSA) is 58.2 Å². The van der Waals surface area contributed by atoms with E-state index in [-0.39, 0.29) is 11.8 Å². The molecule has 124 valence electrons. The highest BCUT2D eigenvalue weighted by Gasteiger charge is 2.12. The second-order valence-electron chi connectivity index (χ2n) is 5.77. The molecule has 4 nitrogen and oxygen atoms in total. The molecule has 0 aliphatic heterocycles. The zero-order chi connectivity index (χ0) is 17.5. The number of benzene rings is 2. The Balaban J connectivity index is 2.11. The van der Waals surface area contributed by atoms with E-state index in [0.29, 0.717) is 23.6 Å². The average Bonchev–Trinajstić information content (AvgIpc) is 2.60. The first-order valence-corrected chi connectivity index (χ1v) is 7.92. The third-order valence-electron chi connectivity index (χ3n) is 3.65. The van der Waals surface area contributed by atoms with Crippen molar-refractivity contribution < 1.29 is 9.59 Å². The molecule has 0 radical (unpaired) electrons. The summed E-state index contributed by atoms with van der Waals surface area (Å²) in [5, 5.41) is 5.64. The standard InChI is InChI=1S/C20H22N2O2/c1-4-13-21-19(23)15-9-11-16(12-10-15)20(24)22-18-8-6-5-7-17(18)14(2)3/h4-12,14H,1,13H2,2-3H3,(H,21,23)(H,22,24). The lowest BCUT2D eigenvalue weighted by Crippen LogP contribution is -2.23. The fourth-order valence-electron chi connectivity index (χ4n) is 2.35. The Bertz CT molecular complexity index is 734. The van der Waals surface area contributed by atoms with Crippen LogP contribution in [0.3, 0.4) is 0 Å². The fraction of sp³-hybridized carbons (Fsp3) is 0.200. The van der Waals surface area contributed by atoms with E-state index in [0.717, 1.165) is 11.3 Å². The molecular formula is C20H22N2O2. The summed E-state index contributed by atoms with van der Waals surface area (Å²) < 4.78 is 0. The third kappa shape index (κ3) is 4.32. The van der Waals surface area contributed by atoms with Crippen LogP contribution in [-0.4, -0.2) is 18.4 Å². The van der Waals surface area contributed by atoms with Gasteiger partial charge in [-0.1, -0.05) is 38.1 Å². The van der Waals surface area contributed by atoms with Crippen molar-refractivity contribution in [1.82, 2.24) is 5.32 Å². The van der Waals surface area contributed by atoms with Gasteiger partial charge in [0.15, 0.2) is 0 Å². The molecule has 4 heteroatoms. The number of para-hydroxylation sites is 1. The van der Waals surface area contributed by atoms with Gasteiger partial charge in [-0.15, -0.1) is 6.58 Å². The second-order valence-corrected chi connectivity index (χ2v) is 5.77. The van der Waals surface area contributed by atoms with Gasteiger partial charge in [0.1, 0.15) is 0 Å². The molecule has 0 heterocycles. The number of carbonyl (C=O) groups is 2. The molecule has 2 aromatic carbocycles. The van der Waals surface area contributed by atoms with Gasteiger partial charge in [0.25, 0.3) is 11.8 Å². The first kappa shape index (κ1) is 17.5. The van der Waals surface area contributed by atoms with Crippen molar-refractivity contribution in [2.24, 2.45) is 0 Å². The minimum Gasteiger partial charge on any atom is -0.349 e. The summed E-state index contributed by atoms with van der Waals surface area (Å²) in [5.41, 5.74) is 2.92. The van der Waals surface area contributed by atoms with Crippen molar-refractivity contribution in [3.63, 3.8) is 0 Å². The summed E-state index contributed by atoms with van der Waals surface area (Å²) in [6, 6.07) is 14.3. The predicted molar refractivity (Wildman–Crippen MR) is 97.5 cm³/mol. The number of hydrogen-bond acceptors (Lipinski definition) is 2. The summed E-state index contributed by atoms with van der Waals surface area (Å²) in [6.07, 6.45) is 1.62. The van der Waals surface area contributed by atoms with Crippen LogP contribution >= 0.6 is 0 Å². The van der Waals surface area contributed by atoms with Crippen LogP contribution in [0.2, 0.25) is 0 Å². The maximum absolute atomic E-state index is 12.4. The van der Waals surface area contributed by atoms with Gasteiger partial charge in [-0.2, -0.15) is 0 Å². The zero-order valence-corrected chi connectivity index (χ0v) is 14.0. The van der Waals surface area contributed by atoms with Crippen LogP contribution < -0.4 is 10.6 Å². The molecule has 2 amide bonds. The summed E-state index contributed by atoms with van der Waals surface area (Å²) in [6.45, 7) is 8.13. The molecule has 0 bridgehead atoms. The third-order valence-corrected chi connectivity index (χ3v) is 3.65. The molecule has 0 atom stereocenters. The molecule has 2 rings (SSSR count). The van der Waals surface area contributed by atoms with Gasteiger partial charge in [0.05, 0.1) is 0 Å². The van der Waals surface area contributed by atoms with E-state index in [2.05, 4.69) is 31.1 Å². The van der Waals surface area contributed by atoms with Crippen molar-refractivity contribution in [3.05, 3.63) is 77.9 Å². The molecule has 2 aromatic rings. The molecule has 0 saturated carbocycles. The molecule has 24 heavy (non-hydrogen) atoms. The van der Waals surface area contributed by atoms with Crippen LogP contribution in [-0.2, 0) is 0 Å². The van der Waals surface area contributed by atoms with E-state index in [1.54, 1.807) is 30.3 Å². The first-order chi connectivity index (χ1) is 11.5.